The van der Waals surface area contributed by atoms with E-state index in [-0.39, 0.29) is 6.61 Å². The van der Waals surface area contributed by atoms with E-state index in [9.17, 15) is 0 Å². The van der Waals surface area contributed by atoms with E-state index < -0.39 is 0 Å². The Hall–Kier alpha value is -2.36. The lowest BCUT2D eigenvalue weighted by atomic mass is 10.1. The largest absolute Gasteiger partial charge is 0.396 e. The lowest BCUT2D eigenvalue weighted by Crippen LogP contribution is -2.46. The first kappa shape index (κ1) is 20.5. The van der Waals surface area contributed by atoms with Gasteiger partial charge in [-0.05, 0) is 37.5 Å². The van der Waals surface area contributed by atoms with Gasteiger partial charge in [0.15, 0.2) is 0 Å². The fourth-order valence-electron chi connectivity index (χ4n) is 4.49. The van der Waals surface area contributed by atoms with E-state index in [0.29, 0.717) is 5.92 Å². The summed E-state index contributed by atoms with van der Waals surface area (Å²) in [4.78, 5) is 14.2. The normalized spacial score (nSPS) is 18.2. The molecule has 0 atom stereocenters. The average Bonchev–Trinajstić information content (AvgIpc) is 3.50. The summed E-state index contributed by atoms with van der Waals surface area (Å²) in [7, 11) is 0. The number of piperazine rings is 1. The SMILES string of the molecule is OCCCN1CCN(c2cnc3ccc(Nc4nnc(C5CCCC5)s4)nc3c2)CC1. The zero-order valence-electron chi connectivity index (χ0n) is 17.7. The zero-order valence-corrected chi connectivity index (χ0v) is 18.5. The third-order valence-electron chi connectivity index (χ3n) is 6.27. The molecule has 0 amide bonds. The highest BCUT2D eigenvalue weighted by Crippen LogP contribution is 2.37. The number of nitrogens with zero attached hydrogens (tertiary/aromatic N) is 6. The predicted octanol–water partition coefficient (Wildman–Crippen LogP) is 3.39. The topological polar surface area (TPSA) is 90.3 Å². The molecule has 2 N–H and O–H groups in total. The lowest BCUT2D eigenvalue weighted by Gasteiger charge is -2.35. The van der Waals surface area contributed by atoms with Crippen LogP contribution in [0.25, 0.3) is 11.0 Å². The van der Waals surface area contributed by atoms with Crippen LogP contribution >= 0.6 is 11.3 Å². The van der Waals surface area contributed by atoms with Gasteiger partial charge in [0.05, 0.1) is 22.9 Å². The predicted molar refractivity (Wildman–Crippen MR) is 124 cm³/mol. The summed E-state index contributed by atoms with van der Waals surface area (Å²) in [5, 5.41) is 23.0. The molecule has 1 saturated carbocycles. The summed E-state index contributed by atoms with van der Waals surface area (Å²) in [5.74, 6) is 1.35. The number of fused-ring (bicyclic) bond motifs is 1. The second-order valence-corrected chi connectivity index (χ2v) is 9.40. The Kier molecular flexibility index (Phi) is 6.24. The Balaban J connectivity index is 1.27. The molecule has 0 aromatic carbocycles. The number of anilines is 3. The number of hydrogen-bond donors (Lipinski definition) is 2. The van der Waals surface area contributed by atoms with Gasteiger partial charge in [0.2, 0.25) is 5.13 Å². The highest BCUT2D eigenvalue weighted by atomic mass is 32.1. The molecule has 31 heavy (non-hydrogen) atoms. The van der Waals surface area contributed by atoms with Crippen LogP contribution in [0.1, 0.15) is 43.0 Å². The molecule has 0 bridgehead atoms. The molecule has 1 saturated heterocycles. The van der Waals surface area contributed by atoms with Crippen LogP contribution in [-0.2, 0) is 0 Å². The minimum atomic E-state index is 0.260. The van der Waals surface area contributed by atoms with Gasteiger partial charge in [-0.3, -0.25) is 9.88 Å². The lowest BCUT2D eigenvalue weighted by molar-refractivity contribution is 0.216. The van der Waals surface area contributed by atoms with Crippen LogP contribution in [0.2, 0.25) is 0 Å². The maximum Gasteiger partial charge on any atom is 0.211 e. The fourth-order valence-corrected chi connectivity index (χ4v) is 5.41. The van der Waals surface area contributed by atoms with Crippen molar-refractivity contribution in [2.24, 2.45) is 0 Å². The first-order valence-electron chi connectivity index (χ1n) is 11.2. The van der Waals surface area contributed by atoms with E-state index in [2.05, 4.69) is 36.4 Å². The van der Waals surface area contributed by atoms with Crippen LogP contribution in [0.3, 0.4) is 0 Å². The maximum absolute atomic E-state index is 9.03. The Morgan fingerprint density at radius 2 is 1.90 bits per heavy atom. The van der Waals surface area contributed by atoms with Crippen molar-refractivity contribution in [2.45, 2.75) is 38.0 Å². The summed E-state index contributed by atoms with van der Waals surface area (Å²) < 4.78 is 0. The van der Waals surface area contributed by atoms with E-state index in [1.807, 2.05) is 18.3 Å². The molecule has 3 aromatic rings. The van der Waals surface area contributed by atoms with Crippen LogP contribution in [0.15, 0.2) is 24.4 Å². The average molecular weight is 440 g/mol. The molecule has 0 unspecified atom stereocenters. The molecular weight excluding hydrogens is 410 g/mol. The molecule has 3 aromatic heterocycles. The molecule has 0 radical (unpaired) electrons. The first-order chi connectivity index (χ1) is 15.3. The van der Waals surface area contributed by atoms with Gasteiger partial charge in [-0.25, -0.2) is 4.98 Å². The van der Waals surface area contributed by atoms with Gasteiger partial charge in [0.1, 0.15) is 10.8 Å². The van der Waals surface area contributed by atoms with Gasteiger partial charge in [-0.2, -0.15) is 0 Å². The summed E-state index contributed by atoms with van der Waals surface area (Å²) in [6.45, 7) is 5.16. The molecule has 9 heteroatoms. The monoisotopic (exact) mass is 439 g/mol. The van der Waals surface area contributed by atoms with Gasteiger partial charge in [0.25, 0.3) is 0 Å². The van der Waals surface area contributed by atoms with Gasteiger partial charge < -0.3 is 15.3 Å². The zero-order chi connectivity index (χ0) is 21.0. The Labute approximate surface area is 186 Å². The van der Waals surface area contributed by atoms with Crippen molar-refractivity contribution in [1.82, 2.24) is 25.1 Å². The number of aliphatic hydroxyl groups excluding tert-OH is 1. The minimum absolute atomic E-state index is 0.260. The number of hydrogen-bond acceptors (Lipinski definition) is 9. The van der Waals surface area contributed by atoms with Crippen molar-refractivity contribution in [2.75, 3.05) is 49.5 Å². The van der Waals surface area contributed by atoms with Crippen molar-refractivity contribution >= 4 is 39.0 Å². The number of aromatic nitrogens is 4. The maximum atomic E-state index is 9.03. The molecule has 0 spiro atoms. The summed E-state index contributed by atoms with van der Waals surface area (Å²) >= 11 is 1.64. The number of nitrogens with one attached hydrogen (secondary N) is 1. The third-order valence-corrected chi connectivity index (χ3v) is 7.27. The Morgan fingerprint density at radius 1 is 1.06 bits per heavy atom. The van der Waals surface area contributed by atoms with Crippen LogP contribution in [0.4, 0.5) is 16.6 Å². The second-order valence-electron chi connectivity index (χ2n) is 8.39. The van der Waals surface area contributed by atoms with Crippen molar-refractivity contribution in [3.8, 4) is 0 Å². The molecule has 1 aliphatic heterocycles. The van der Waals surface area contributed by atoms with E-state index in [4.69, 9.17) is 10.1 Å². The second kappa shape index (κ2) is 9.42. The highest BCUT2D eigenvalue weighted by molar-refractivity contribution is 7.15. The number of aliphatic hydroxyl groups is 1. The van der Waals surface area contributed by atoms with Crippen LogP contribution < -0.4 is 10.2 Å². The van der Waals surface area contributed by atoms with Crippen LogP contribution in [0.5, 0.6) is 0 Å². The molecule has 5 rings (SSSR count). The van der Waals surface area contributed by atoms with Crippen molar-refractivity contribution in [1.29, 1.82) is 0 Å². The number of pyridine rings is 2. The fraction of sp³-hybridized carbons (Fsp3) is 0.545. The van der Waals surface area contributed by atoms with Crippen molar-refractivity contribution < 1.29 is 5.11 Å². The standard InChI is InChI=1S/C22H29N7OS/c30-13-3-8-28-9-11-29(12-10-28)17-14-19-18(23-15-17)6-7-20(24-19)25-22-27-26-21(31-22)16-4-1-2-5-16/h6-7,14-16,30H,1-5,8-13H2,(H,24,25,27). The highest BCUT2D eigenvalue weighted by Gasteiger charge is 2.21. The minimum Gasteiger partial charge on any atom is -0.396 e. The molecule has 2 aliphatic rings. The Bertz CT molecular complexity index is 1010. The van der Waals surface area contributed by atoms with Crippen LogP contribution in [0, 0.1) is 0 Å². The van der Waals surface area contributed by atoms with E-state index in [1.54, 1.807) is 11.3 Å². The van der Waals surface area contributed by atoms with E-state index >= 15 is 0 Å². The summed E-state index contributed by atoms with van der Waals surface area (Å²) in [6, 6.07) is 6.08. The van der Waals surface area contributed by atoms with Gasteiger partial charge >= 0.3 is 0 Å². The molecule has 2 fully saturated rings. The van der Waals surface area contributed by atoms with E-state index in [0.717, 1.165) is 71.8 Å². The molecule has 164 valence electrons. The molecule has 1 aliphatic carbocycles. The smallest absolute Gasteiger partial charge is 0.211 e. The van der Waals surface area contributed by atoms with Crippen molar-refractivity contribution in [3.05, 3.63) is 29.4 Å². The van der Waals surface area contributed by atoms with Gasteiger partial charge in [-0.15, -0.1) is 10.2 Å². The third kappa shape index (κ3) is 4.78. The van der Waals surface area contributed by atoms with Crippen LogP contribution in [-0.4, -0.2) is 69.5 Å². The van der Waals surface area contributed by atoms with Gasteiger partial charge in [0, 0.05) is 45.2 Å². The van der Waals surface area contributed by atoms with E-state index in [1.165, 1.54) is 25.7 Å². The molecule has 8 nitrogen and oxygen atoms in total. The molecule has 4 heterocycles. The first-order valence-corrected chi connectivity index (χ1v) is 12.1. The quantitative estimate of drug-likeness (QED) is 0.579. The summed E-state index contributed by atoms with van der Waals surface area (Å²) in [5.41, 5.74) is 2.88. The van der Waals surface area contributed by atoms with Crippen molar-refractivity contribution in [3.63, 3.8) is 0 Å². The Morgan fingerprint density at radius 3 is 2.71 bits per heavy atom. The molecular formula is C22H29N7OS. The number of rotatable bonds is 7. The van der Waals surface area contributed by atoms with Gasteiger partial charge in [-0.1, -0.05) is 24.2 Å². The summed E-state index contributed by atoms with van der Waals surface area (Å²) in [6.07, 6.45) is 7.84.